The van der Waals surface area contributed by atoms with Gasteiger partial charge in [-0.3, -0.25) is 0 Å². The molecule has 1 unspecified atom stereocenters. The second-order valence-corrected chi connectivity index (χ2v) is 6.06. The highest BCUT2D eigenvalue weighted by atomic mass is 32.2. The molecule has 3 rings (SSSR count). The van der Waals surface area contributed by atoms with E-state index in [1.165, 1.54) is 48.4 Å². The van der Waals surface area contributed by atoms with Crippen LogP contribution in [0.4, 0.5) is 5.82 Å². The van der Waals surface area contributed by atoms with Gasteiger partial charge in [-0.05, 0) is 37.9 Å². The van der Waals surface area contributed by atoms with Crippen molar-refractivity contribution in [3.8, 4) is 0 Å². The number of nitrogens with zero attached hydrogens (tertiary/aromatic N) is 2. The van der Waals surface area contributed by atoms with Crippen molar-refractivity contribution in [3.05, 3.63) is 17.6 Å². The van der Waals surface area contributed by atoms with Crippen molar-refractivity contribution >= 4 is 17.6 Å². The van der Waals surface area contributed by atoms with Gasteiger partial charge < -0.3 is 5.32 Å². The molecule has 1 fully saturated rings. The number of aryl methyl sites for hydroxylation is 1. The number of anilines is 1. The summed E-state index contributed by atoms with van der Waals surface area (Å²) in [4.78, 5) is 8.92. The molecule has 1 atom stereocenters. The Balaban J connectivity index is 1.82. The minimum absolute atomic E-state index is 0.613. The molecule has 3 nitrogen and oxygen atoms in total. The SMILES string of the molecule is c1nc2c(c(NC3CCSC3)n1)CCCCC2. The van der Waals surface area contributed by atoms with E-state index in [0.29, 0.717) is 6.04 Å². The maximum absolute atomic E-state index is 4.47. The van der Waals surface area contributed by atoms with E-state index < -0.39 is 0 Å². The molecule has 4 heteroatoms. The Morgan fingerprint density at radius 1 is 1.18 bits per heavy atom. The first kappa shape index (κ1) is 11.3. The fourth-order valence-electron chi connectivity index (χ4n) is 2.66. The van der Waals surface area contributed by atoms with Crippen LogP contribution < -0.4 is 5.32 Å². The number of aromatic nitrogens is 2. The first-order valence-electron chi connectivity index (χ1n) is 6.60. The summed E-state index contributed by atoms with van der Waals surface area (Å²) in [7, 11) is 0. The van der Waals surface area contributed by atoms with Crippen LogP contribution in [-0.2, 0) is 12.8 Å². The smallest absolute Gasteiger partial charge is 0.133 e. The number of thioether (sulfide) groups is 1. The van der Waals surface area contributed by atoms with Crippen molar-refractivity contribution in [3.63, 3.8) is 0 Å². The lowest BCUT2D eigenvalue weighted by atomic mass is 10.1. The molecule has 17 heavy (non-hydrogen) atoms. The van der Waals surface area contributed by atoms with Gasteiger partial charge in [0.15, 0.2) is 0 Å². The summed E-state index contributed by atoms with van der Waals surface area (Å²) in [6.07, 6.45) is 9.18. The molecule has 0 spiro atoms. The Kier molecular flexibility index (Phi) is 3.50. The summed E-state index contributed by atoms with van der Waals surface area (Å²) < 4.78 is 0. The molecule has 0 saturated carbocycles. The van der Waals surface area contributed by atoms with Gasteiger partial charge in [-0.25, -0.2) is 9.97 Å². The summed E-state index contributed by atoms with van der Waals surface area (Å²) >= 11 is 2.04. The zero-order chi connectivity index (χ0) is 11.5. The second kappa shape index (κ2) is 5.25. The van der Waals surface area contributed by atoms with E-state index in [4.69, 9.17) is 0 Å². The molecule has 0 aromatic carbocycles. The van der Waals surface area contributed by atoms with Crippen LogP contribution in [0.3, 0.4) is 0 Å². The highest BCUT2D eigenvalue weighted by Crippen LogP contribution is 2.26. The average molecular weight is 249 g/mol. The predicted octanol–water partition coefficient (Wildman–Crippen LogP) is 2.66. The molecule has 2 aliphatic rings. The molecular formula is C13H19N3S. The molecule has 0 radical (unpaired) electrons. The Morgan fingerprint density at radius 2 is 2.12 bits per heavy atom. The highest BCUT2D eigenvalue weighted by Gasteiger charge is 2.19. The molecule has 92 valence electrons. The van der Waals surface area contributed by atoms with Crippen LogP contribution in [0.15, 0.2) is 6.33 Å². The third-order valence-corrected chi connectivity index (χ3v) is 4.81. The van der Waals surface area contributed by atoms with Crippen molar-refractivity contribution in [2.24, 2.45) is 0 Å². The van der Waals surface area contributed by atoms with Crippen molar-refractivity contribution in [1.82, 2.24) is 9.97 Å². The van der Waals surface area contributed by atoms with Gasteiger partial charge in [0.2, 0.25) is 0 Å². The Bertz CT molecular complexity index is 388. The lowest BCUT2D eigenvalue weighted by molar-refractivity contribution is 0.708. The zero-order valence-electron chi connectivity index (χ0n) is 10.1. The van der Waals surface area contributed by atoms with Crippen molar-refractivity contribution in [2.45, 2.75) is 44.6 Å². The third-order valence-electron chi connectivity index (χ3n) is 3.65. The molecule has 1 aromatic rings. The maximum Gasteiger partial charge on any atom is 0.133 e. The van der Waals surface area contributed by atoms with Gasteiger partial charge >= 0.3 is 0 Å². The van der Waals surface area contributed by atoms with Crippen LogP contribution in [-0.4, -0.2) is 27.5 Å². The molecular weight excluding hydrogens is 230 g/mol. The molecule has 1 aromatic heterocycles. The standard InChI is InChI=1S/C13H19N3S/c1-2-4-11-12(5-3-1)14-9-15-13(11)16-10-6-7-17-8-10/h9-10H,1-8H2,(H,14,15,16). The number of fused-ring (bicyclic) bond motifs is 1. The normalized spacial score (nSPS) is 24.1. The van der Waals surface area contributed by atoms with Crippen molar-refractivity contribution < 1.29 is 0 Å². The van der Waals surface area contributed by atoms with Crippen LogP contribution in [0.2, 0.25) is 0 Å². The molecule has 0 bridgehead atoms. The van der Waals surface area contributed by atoms with Crippen LogP contribution in [0, 0.1) is 0 Å². The third kappa shape index (κ3) is 2.57. The van der Waals surface area contributed by atoms with Crippen molar-refractivity contribution in [1.29, 1.82) is 0 Å². The van der Waals surface area contributed by atoms with Crippen LogP contribution >= 0.6 is 11.8 Å². The second-order valence-electron chi connectivity index (χ2n) is 4.91. The molecule has 1 aliphatic carbocycles. The highest BCUT2D eigenvalue weighted by molar-refractivity contribution is 7.99. The number of hydrogen-bond acceptors (Lipinski definition) is 4. The summed E-state index contributed by atoms with van der Waals surface area (Å²) in [5.41, 5.74) is 2.67. The van der Waals surface area contributed by atoms with E-state index in [1.807, 2.05) is 11.8 Å². The molecule has 1 N–H and O–H groups in total. The molecule has 1 aliphatic heterocycles. The van der Waals surface area contributed by atoms with Gasteiger partial charge in [0, 0.05) is 23.1 Å². The van der Waals surface area contributed by atoms with E-state index in [0.717, 1.165) is 18.7 Å². The van der Waals surface area contributed by atoms with E-state index in [9.17, 15) is 0 Å². The molecule has 2 heterocycles. The van der Waals surface area contributed by atoms with E-state index in [1.54, 1.807) is 6.33 Å². The van der Waals surface area contributed by atoms with E-state index in [2.05, 4.69) is 15.3 Å². The van der Waals surface area contributed by atoms with Gasteiger partial charge in [-0.2, -0.15) is 11.8 Å². The first-order valence-corrected chi connectivity index (χ1v) is 7.76. The molecule has 1 saturated heterocycles. The Hall–Kier alpha value is -0.770. The van der Waals surface area contributed by atoms with E-state index >= 15 is 0 Å². The van der Waals surface area contributed by atoms with Gasteiger partial charge in [0.05, 0.1) is 0 Å². The van der Waals surface area contributed by atoms with Crippen molar-refractivity contribution in [2.75, 3.05) is 16.8 Å². The van der Waals surface area contributed by atoms with Crippen LogP contribution in [0.5, 0.6) is 0 Å². The van der Waals surface area contributed by atoms with E-state index in [-0.39, 0.29) is 0 Å². The summed E-state index contributed by atoms with van der Waals surface area (Å²) in [5, 5.41) is 3.62. The summed E-state index contributed by atoms with van der Waals surface area (Å²) in [6, 6.07) is 0.613. The number of rotatable bonds is 2. The number of nitrogens with one attached hydrogen (secondary N) is 1. The van der Waals surface area contributed by atoms with Gasteiger partial charge in [-0.1, -0.05) is 6.42 Å². The first-order chi connectivity index (χ1) is 8.43. The number of hydrogen-bond donors (Lipinski definition) is 1. The van der Waals surface area contributed by atoms with Gasteiger partial charge in [0.1, 0.15) is 12.1 Å². The zero-order valence-corrected chi connectivity index (χ0v) is 10.9. The Labute approximate surface area is 107 Å². The molecule has 0 amide bonds. The van der Waals surface area contributed by atoms with Crippen LogP contribution in [0.1, 0.15) is 36.9 Å². The average Bonchev–Trinajstić information content (AvgIpc) is 2.73. The quantitative estimate of drug-likeness (QED) is 0.818. The lowest BCUT2D eigenvalue weighted by Crippen LogP contribution is -2.20. The largest absolute Gasteiger partial charge is 0.366 e. The Morgan fingerprint density at radius 3 is 3.00 bits per heavy atom. The van der Waals surface area contributed by atoms with Crippen LogP contribution in [0.25, 0.3) is 0 Å². The predicted molar refractivity (Wildman–Crippen MR) is 72.6 cm³/mol. The minimum atomic E-state index is 0.613. The fourth-order valence-corrected chi connectivity index (χ4v) is 3.82. The lowest BCUT2D eigenvalue weighted by Gasteiger charge is -2.16. The summed E-state index contributed by atoms with van der Waals surface area (Å²) in [5.74, 6) is 3.62. The monoisotopic (exact) mass is 249 g/mol. The van der Waals surface area contributed by atoms with Gasteiger partial charge in [-0.15, -0.1) is 0 Å². The maximum atomic E-state index is 4.47. The summed E-state index contributed by atoms with van der Waals surface area (Å²) in [6.45, 7) is 0. The minimum Gasteiger partial charge on any atom is -0.366 e. The fraction of sp³-hybridized carbons (Fsp3) is 0.692. The van der Waals surface area contributed by atoms with Gasteiger partial charge in [0.25, 0.3) is 0 Å². The topological polar surface area (TPSA) is 37.8 Å².